The van der Waals surface area contributed by atoms with Crippen molar-refractivity contribution in [2.45, 2.75) is 19.8 Å². The number of anilines is 1. The molecule has 1 aromatic heterocycles. The van der Waals surface area contributed by atoms with Crippen LogP contribution < -0.4 is 10.5 Å². The molecule has 0 atom stereocenters. The number of hydrogen-bond donors (Lipinski definition) is 0. The second-order valence-corrected chi connectivity index (χ2v) is 8.91. The topological polar surface area (TPSA) is 57.2 Å². The predicted octanol–water partition coefficient (Wildman–Crippen LogP) is 6.31. The van der Waals surface area contributed by atoms with E-state index in [1.807, 2.05) is 12.1 Å². The second kappa shape index (κ2) is 7.10. The van der Waals surface area contributed by atoms with Gasteiger partial charge in [0, 0.05) is 24.7 Å². The van der Waals surface area contributed by atoms with Gasteiger partial charge < -0.3 is 9.32 Å². The van der Waals surface area contributed by atoms with E-state index in [-0.39, 0.29) is 5.56 Å². The van der Waals surface area contributed by atoms with Crippen molar-refractivity contribution < 1.29 is 4.42 Å². The van der Waals surface area contributed by atoms with Crippen molar-refractivity contribution in [1.29, 1.82) is 5.26 Å². The summed E-state index contributed by atoms with van der Waals surface area (Å²) < 4.78 is 5.72. The summed E-state index contributed by atoms with van der Waals surface area (Å²) >= 11 is 0. The van der Waals surface area contributed by atoms with Gasteiger partial charge in [-0.3, -0.25) is 0 Å². The lowest BCUT2D eigenvalue weighted by Crippen LogP contribution is -2.34. The van der Waals surface area contributed by atoms with Crippen LogP contribution in [0.25, 0.3) is 43.6 Å². The zero-order valence-electron chi connectivity index (χ0n) is 17.9. The fourth-order valence-corrected chi connectivity index (χ4v) is 5.17. The molecule has 6 rings (SSSR count). The van der Waals surface area contributed by atoms with Crippen LogP contribution in [0.2, 0.25) is 0 Å². The molecule has 32 heavy (non-hydrogen) atoms. The predicted molar refractivity (Wildman–Crippen MR) is 129 cm³/mol. The van der Waals surface area contributed by atoms with Crippen LogP contribution in [-0.4, -0.2) is 13.1 Å². The molecule has 2 heterocycles. The highest BCUT2D eigenvalue weighted by molar-refractivity contribution is 6.25. The highest BCUT2D eigenvalue weighted by atomic mass is 16.4. The van der Waals surface area contributed by atoms with Crippen molar-refractivity contribution in [3.63, 3.8) is 0 Å². The molecule has 1 saturated heterocycles. The second-order valence-electron chi connectivity index (χ2n) is 8.91. The SMILES string of the molecule is CC1CCN(c2cc(-c3ccc4ccc5cccc6ccc3c4c56)oc(=O)c2C#N)CC1. The number of nitriles is 1. The molecule has 5 aromatic rings. The van der Waals surface area contributed by atoms with Crippen molar-refractivity contribution in [3.8, 4) is 17.4 Å². The van der Waals surface area contributed by atoms with Gasteiger partial charge in [0.15, 0.2) is 5.56 Å². The maximum absolute atomic E-state index is 12.8. The van der Waals surface area contributed by atoms with E-state index in [4.69, 9.17) is 4.42 Å². The van der Waals surface area contributed by atoms with Crippen molar-refractivity contribution in [2.24, 2.45) is 5.92 Å². The van der Waals surface area contributed by atoms with E-state index in [0.29, 0.717) is 17.4 Å². The molecule has 156 valence electrons. The van der Waals surface area contributed by atoms with Crippen LogP contribution in [-0.2, 0) is 0 Å². The number of nitrogens with zero attached hydrogens (tertiary/aromatic N) is 2. The monoisotopic (exact) mass is 418 g/mol. The highest BCUT2D eigenvalue weighted by Crippen LogP contribution is 2.40. The molecule has 1 aliphatic rings. The summed E-state index contributed by atoms with van der Waals surface area (Å²) in [6, 6.07) is 23.0. The smallest absolute Gasteiger partial charge is 0.356 e. The van der Waals surface area contributed by atoms with Crippen LogP contribution >= 0.6 is 0 Å². The molecule has 0 N–H and O–H groups in total. The fourth-order valence-electron chi connectivity index (χ4n) is 5.17. The molecule has 0 aliphatic carbocycles. The third-order valence-electron chi connectivity index (χ3n) is 6.96. The first-order chi connectivity index (χ1) is 15.6. The minimum atomic E-state index is -0.565. The summed E-state index contributed by atoms with van der Waals surface area (Å²) in [5.74, 6) is 1.18. The first-order valence-corrected chi connectivity index (χ1v) is 11.1. The molecular weight excluding hydrogens is 396 g/mol. The Bertz CT molecular complexity index is 1570. The van der Waals surface area contributed by atoms with E-state index in [1.54, 1.807) is 0 Å². The van der Waals surface area contributed by atoms with E-state index < -0.39 is 5.63 Å². The van der Waals surface area contributed by atoms with Crippen molar-refractivity contribution in [2.75, 3.05) is 18.0 Å². The molecule has 1 fully saturated rings. The van der Waals surface area contributed by atoms with Gasteiger partial charge in [0.05, 0.1) is 5.69 Å². The van der Waals surface area contributed by atoms with Crippen LogP contribution in [0.4, 0.5) is 5.69 Å². The Labute approximate surface area is 185 Å². The lowest BCUT2D eigenvalue weighted by Gasteiger charge is -2.32. The minimum Gasteiger partial charge on any atom is -0.422 e. The average molecular weight is 418 g/mol. The molecule has 1 aliphatic heterocycles. The fraction of sp³-hybridized carbons (Fsp3) is 0.214. The number of hydrogen-bond acceptors (Lipinski definition) is 4. The molecule has 0 unspecified atom stereocenters. The maximum Gasteiger partial charge on any atom is 0.356 e. The molecule has 0 spiro atoms. The molecular formula is C28H22N2O2. The maximum atomic E-state index is 12.8. The molecule has 0 amide bonds. The Balaban J connectivity index is 1.61. The quantitative estimate of drug-likeness (QED) is 0.315. The minimum absolute atomic E-state index is 0.0982. The highest BCUT2D eigenvalue weighted by Gasteiger charge is 2.23. The molecule has 4 aromatic carbocycles. The van der Waals surface area contributed by atoms with Crippen LogP contribution in [0, 0.1) is 17.2 Å². The Morgan fingerprint density at radius 3 is 2.31 bits per heavy atom. The largest absolute Gasteiger partial charge is 0.422 e. The van der Waals surface area contributed by atoms with Gasteiger partial charge in [-0.25, -0.2) is 4.79 Å². The zero-order chi connectivity index (χ0) is 21.8. The molecule has 0 bridgehead atoms. The van der Waals surface area contributed by atoms with Crippen molar-refractivity contribution in [3.05, 3.63) is 76.6 Å². The van der Waals surface area contributed by atoms with Crippen LogP contribution in [0.1, 0.15) is 25.3 Å². The van der Waals surface area contributed by atoms with Crippen LogP contribution in [0.5, 0.6) is 0 Å². The van der Waals surface area contributed by atoms with E-state index in [9.17, 15) is 10.1 Å². The van der Waals surface area contributed by atoms with Gasteiger partial charge >= 0.3 is 5.63 Å². The van der Waals surface area contributed by atoms with Crippen molar-refractivity contribution in [1.82, 2.24) is 0 Å². The molecule has 4 heteroatoms. The average Bonchev–Trinajstić information content (AvgIpc) is 2.82. The summed E-state index contributed by atoms with van der Waals surface area (Å²) in [6.07, 6.45) is 2.11. The van der Waals surface area contributed by atoms with Gasteiger partial charge in [0.25, 0.3) is 0 Å². The van der Waals surface area contributed by atoms with E-state index in [2.05, 4.69) is 66.4 Å². The van der Waals surface area contributed by atoms with Gasteiger partial charge in [0.2, 0.25) is 0 Å². The Hall–Kier alpha value is -3.84. The summed E-state index contributed by atoms with van der Waals surface area (Å²) in [5.41, 5.74) is 1.10. The molecule has 0 saturated carbocycles. The van der Waals surface area contributed by atoms with Gasteiger partial charge in [-0.05, 0) is 57.1 Å². The number of rotatable bonds is 2. The first kappa shape index (κ1) is 18.9. The standard InChI is InChI=1S/C28H22N2O2/c1-17-11-13-30(14-12-17)24-15-25(32-28(31)23(24)16-29)21-9-7-20-6-5-18-3-2-4-19-8-10-22(21)27(20)26(18)19/h2-10,15,17H,11-14H2,1H3. The number of benzene rings is 4. The normalized spacial score (nSPS) is 15.1. The van der Waals surface area contributed by atoms with Gasteiger partial charge in [-0.2, -0.15) is 5.26 Å². The van der Waals surface area contributed by atoms with Gasteiger partial charge in [0.1, 0.15) is 11.8 Å². The number of piperidine rings is 1. The lowest BCUT2D eigenvalue weighted by atomic mass is 9.91. The summed E-state index contributed by atoms with van der Waals surface area (Å²) in [6.45, 7) is 3.94. The molecule has 0 radical (unpaired) electrons. The van der Waals surface area contributed by atoms with E-state index in [0.717, 1.165) is 42.3 Å². The van der Waals surface area contributed by atoms with E-state index in [1.165, 1.54) is 21.5 Å². The Kier molecular flexibility index (Phi) is 4.19. The van der Waals surface area contributed by atoms with Gasteiger partial charge in [-0.15, -0.1) is 0 Å². The first-order valence-electron chi connectivity index (χ1n) is 11.1. The lowest BCUT2D eigenvalue weighted by molar-refractivity contribution is 0.436. The Morgan fingerprint density at radius 1 is 0.938 bits per heavy atom. The third-order valence-corrected chi connectivity index (χ3v) is 6.96. The summed E-state index contributed by atoms with van der Waals surface area (Å²) in [4.78, 5) is 15.0. The van der Waals surface area contributed by atoms with Crippen molar-refractivity contribution >= 4 is 38.0 Å². The Morgan fingerprint density at radius 2 is 1.59 bits per heavy atom. The van der Waals surface area contributed by atoms with Gasteiger partial charge in [-0.1, -0.05) is 55.5 Å². The molecule has 4 nitrogen and oxygen atoms in total. The summed E-state index contributed by atoms with van der Waals surface area (Å²) in [5, 5.41) is 16.7. The van der Waals surface area contributed by atoms with Crippen LogP contribution in [0.15, 0.2) is 69.9 Å². The van der Waals surface area contributed by atoms with E-state index >= 15 is 0 Å². The summed E-state index contributed by atoms with van der Waals surface area (Å²) in [7, 11) is 0. The third kappa shape index (κ3) is 2.78. The van der Waals surface area contributed by atoms with Crippen LogP contribution in [0.3, 0.4) is 0 Å². The zero-order valence-corrected chi connectivity index (χ0v) is 17.9.